The predicted molar refractivity (Wildman–Crippen MR) is 212 cm³/mol. The number of imide groups is 2. The molecule has 1 atom stereocenters. The molecule has 4 aromatic rings. The molecule has 16 nitrogen and oxygen atoms in total. The molecule has 0 unspecified atom stereocenters. The van der Waals surface area contributed by atoms with Gasteiger partial charge in [-0.15, -0.1) is 0 Å². The zero-order chi connectivity index (χ0) is 40.4. The fourth-order valence-corrected chi connectivity index (χ4v) is 9.14. The van der Waals surface area contributed by atoms with Gasteiger partial charge in [-0.05, 0) is 66.6 Å². The molecular weight excluding hydrogens is 755 g/mol. The number of piperidine rings is 1. The molecule has 4 amide bonds. The summed E-state index contributed by atoms with van der Waals surface area (Å²) in [5, 5.41) is 6.20. The molecule has 2 aromatic carbocycles. The number of unbranched alkanes of at least 4 members (excludes halogenated alkanes) is 3. The number of nitrogens with zero attached hydrogens (tertiary/aromatic N) is 4. The van der Waals surface area contributed by atoms with Crippen LogP contribution in [0.1, 0.15) is 64.8 Å². The van der Waals surface area contributed by atoms with Gasteiger partial charge in [0.05, 0.1) is 36.3 Å². The van der Waals surface area contributed by atoms with Crippen LogP contribution >= 0.6 is 0 Å². The van der Waals surface area contributed by atoms with Gasteiger partial charge < -0.3 is 19.4 Å². The van der Waals surface area contributed by atoms with Crippen LogP contribution in [-0.4, -0.2) is 103 Å². The largest absolute Gasteiger partial charge is 0.496 e. The molecule has 2 saturated heterocycles. The van der Waals surface area contributed by atoms with Crippen LogP contribution in [0.25, 0.3) is 21.9 Å². The number of sulfonamides is 1. The summed E-state index contributed by atoms with van der Waals surface area (Å²) in [5.41, 5.74) is 3.41. The molecule has 7 rings (SSSR count). The summed E-state index contributed by atoms with van der Waals surface area (Å²) in [7, 11) is 1.35. The normalized spacial score (nSPS) is 17.5. The van der Waals surface area contributed by atoms with Crippen LogP contribution in [0, 0.1) is 0 Å². The number of methoxy groups -OCH3 is 2. The smallest absolute Gasteiger partial charge is 0.262 e. The third-order valence-electron chi connectivity index (χ3n) is 10.8. The molecule has 2 fully saturated rings. The van der Waals surface area contributed by atoms with Crippen LogP contribution in [0.15, 0.2) is 59.8 Å². The Morgan fingerprint density at radius 1 is 0.860 bits per heavy atom. The minimum atomic E-state index is -3.51. The van der Waals surface area contributed by atoms with Crippen molar-refractivity contribution in [2.45, 2.75) is 56.4 Å². The van der Waals surface area contributed by atoms with Crippen molar-refractivity contribution in [1.29, 1.82) is 0 Å². The average Bonchev–Trinajstić information content (AvgIpc) is 3.42. The number of hydrogen-bond donors (Lipinski definition) is 3. The molecule has 2 aromatic heterocycles. The number of amides is 4. The van der Waals surface area contributed by atoms with E-state index in [1.807, 2.05) is 23.1 Å². The minimum absolute atomic E-state index is 0.0611. The number of aryl methyl sites for hydroxylation is 1. The van der Waals surface area contributed by atoms with E-state index >= 15 is 0 Å². The van der Waals surface area contributed by atoms with Crippen LogP contribution in [0.2, 0.25) is 0 Å². The van der Waals surface area contributed by atoms with Gasteiger partial charge in [-0.1, -0.05) is 12.8 Å². The number of aromatic nitrogens is 2. The zero-order valence-corrected chi connectivity index (χ0v) is 32.8. The number of likely N-dealkylation sites (tertiary alicyclic amines) is 1. The van der Waals surface area contributed by atoms with Crippen LogP contribution in [0.3, 0.4) is 0 Å². The van der Waals surface area contributed by atoms with E-state index in [1.165, 1.54) is 4.57 Å². The highest BCUT2D eigenvalue weighted by molar-refractivity contribution is 7.90. The standard InChI is InChI=1S/C40H45N7O9S/c1-45-22-31(27-12-15-41-19-30(27)38(45)50)24-16-34(55-2)32(35(17-24)56-3)23-46-20-26(21-46)57(53,54)43-14-7-5-4-6-13-42-25-8-9-28-29(18-25)40(52)47(39(28)51)33-10-11-36(48)44-37(33)49/h8-9,12,15-19,22,26,33,42-43H,4-7,10-11,13-14,20-21,23H2,1-3H3,(H,44,48,49)/t33-/m1/s1. The quantitative estimate of drug-likeness (QED) is 0.111. The lowest BCUT2D eigenvalue weighted by atomic mass is 9.98. The number of carbonyl (C=O) groups is 4. The lowest BCUT2D eigenvalue weighted by molar-refractivity contribution is -0.136. The highest BCUT2D eigenvalue weighted by Crippen LogP contribution is 2.38. The van der Waals surface area contributed by atoms with E-state index < -0.39 is 44.9 Å². The van der Waals surface area contributed by atoms with Crippen molar-refractivity contribution in [3.05, 3.63) is 82.0 Å². The summed E-state index contributed by atoms with van der Waals surface area (Å²) >= 11 is 0. The molecule has 3 N–H and O–H groups in total. The summed E-state index contributed by atoms with van der Waals surface area (Å²) in [6.45, 7) is 2.12. The topological polar surface area (TPSA) is 198 Å². The van der Waals surface area contributed by atoms with Gasteiger partial charge in [0.1, 0.15) is 22.8 Å². The van der Waals surface area contributed by atoms with Gasteiger partial charge >= 0.3 is 0 Å². The van der Waals surface area contributed by atoms with Gasteiger partial charge in [0, 0.05) is 76.0 Å². The molecule has 0 spiro atoms. The van der Waals surface area contributed by atoms with Gasteiger partial charge in [0.2, 0.25) is 21.8 Å². The second kappa shape index (κ2) is 16.4. The fourth-order valence-electron chi connectivity index (χ4n) is 7.66. The third kappa shape index (κ3) is 7.99. The number of pyridine rings is 2. The first-order valence-electron chi connectivity index (χ1n) is 18.9. The summed E-state index contributed by atoms with van der Waals surface area (Å²) < 4.78 is 42.0. The van der Waals surface area contributed by atoms with Gasteiger partial charge in [-0.2, -0.15) is 0 Å². The van der Waals surface area contributed by atoms with Crippen molar-refractivity contribution < 1.29 is 37.1 Å². The first-order valence-corrected chi connectivity index (χ1v) is 20.4. The highest BCUT2D eigenvalue weighted by Gasteiger charge is 2.44. The van der Waals surface area contributed by atoms with E-state index in [9.17, 15) is 32.4 Å². The van der Waals surface area contributed by atoms with Crippen LogP contribution in [0.4, 0.5) is 5.69 Å². The van der Waals surface area contributed by atoms with Gasteiger partial charge in [0.25, 0.3) is 17.4 Å². The minimum Gasteiger partial charge on any atom is -0.496 e. The number of carbonyl (C=O) groups excluding carboxylic acids is 4. The maximum absolute atomic E-state index is 13.1. The molecule has 17 heteroatoms. The Bertz CT molecular complexity index is 2400. The van der Waals surface area contributed by atoms with E-state index in [1.54, 1.807) is 58.1 Å². The summed E-state index contributed by atoms with van der Waals surface area (Å²) in [4.78, 5) is 69.6. The molecule has 0 bridgehead atoms. The second-order valence-electron chi connectivity index (χ2n) is 14.5. The third-order valence-corrected chi connectivity index (χ3v) is 12.6. The maximum Gasteiger partial charge on any atom is 0.262 e. The summed E-state index contributed by atoms with van der Waals surface area (Å²) in [6, 6.07) is 9.50. The van der Waals surface area contributed by atoms with E-state index in [-0.39, 0.29) is 29.5 Å². The van der Waals surface area contributed by atoms with Crippen molar-refractivity contribution in [2.75, 3.05) is 45.7 Å². The van der Waals surface area contributed by atoms with E-state index in [0.717, 1.165) is 46.2 Å². The number of nitrogens with one attached hydrogen (secondary N) is 3. The Morgan fingerprint density at radius 3 is 2.26 bits per heavy atom. The second-order valence-corrected chi connectivity index (χ2v) is 16.6. The molecular formula is C40H45N7O9S. The Labute approximate surface area is 329 Å². The summed E-state index contributed by atoms with van der Waals surface area (Å²) in [6.07, 6.45) is 8.32. The maximum atomic E-state index is 13.1. The van der Waals surface area contributed by atoms with Crippen LogP contribution in [0.5, 0.6) is 11.5 Å². The SMILES string of the molecule is COc1cc(-c2cn(C)c(=O)c3cnccc23)cc(OC)c1CN1CC(S(=O)(=O)NCCCCCCNc2ccc3c(c2)C(=O)N([C@@H]2CCC(=O)NC2=O)C3=O)C1. The number of hydrogen-bond acceptors (Lipinski definition) is 12. The number of fused-ring (bicyclic) bond motifs is 2. The number of ether oxygens (including phenoxy) is 2. The van der Waals surface area contributed by atoms with Gasteiger partial charge in [0.15, 0.2) is 0 Å². The lowest BCUT2D eigenvalue weighted by Crippen LogP contribution is -2.57. The van der Waals surface area contributed by atoms with Gasteiger partial charge in [-0.25, -0.2) is 13.1 Å². The summed E-state index contributed by atoms with van der Waals surface area (Å²) in [5.74, 6) is -0.975. The van der Waals surface area contributed by atoms with Crippen molar-refractivity contribution in [2.24, 2.45) is 7.05 Å². The first kappa shape index (κ1) is 39.6. The van der Waals surface area contributed by atoms with E-state index in [0.29, 0.717) is 61.7 Å². The molecule has 0 aliphatic carbocycles. The van der Waals surface area contributed by atoms with Crippen LogP contribution in [-0.2, 0) is 33.2 Å². The molecule has 0 radical (unpaired) electrons. The Morgan fingerprint density at radius 2 is 1.56 bits per heavy atom. The fraction of sp³-hybridized carbons (Fsp3) is 0.400. The van der Waals surface area contributed by atoms with Crippen molar-refractivity contribution >= 4 is 50.1 Å². The van der Waals surface area contributed by atoms with Crippen molar-refractivity contribution in [3.63, 3.8) is 0 Å². The van der Waals surface area contributed by atoms with Crippen molar-refractivity contribution in [3.8, 4) is 22.6 Å². The van der Waals surface area contributed by atoms with E-state index in [4.69, 9.17) is 9.47 Å². The molecule has 57 heavy (non-hydrogen) atoms. The van der Waals surface area contributed by atoms with Crippen LogP contribution < -0.4 is 30.4 Å². The predicted octanol–water partition coefficient (Wildman–Crippen LogP) is 2.80. The van der Waals surface area contributed by atoms with Crippen molar-refractivity contribution in [1.82, 2.24) is 29.4 Å². The lowest BCUT2D eigenvalue weighted by Gasteiger charge is -2.39. The first-order chi connectivity index (χ1) is 27.4. The molecule has 300 valence electrons. The monoisotopic (exact) mass is 799 g/mol. The average molecular weight is 800 g/mol. The van der Waals surface area contributed by atoms with Gasteiger partial charge in [-0.3, -0.25) is 44.1 Å². The van der Waals surface area contributed by atoms with E-state index in [2.05, 4.69) is 20.3 Å². The molecule has 0 saturated carbocycles. The Kier molecular flexibility index (Phi) is 11.4. The highest BCUT2D eigenvalue weighted by atomic mass is 32.2. The molecule has 3 aliphatic rings. The number of benzene rings is 2. The Hall–Kier alpha value is -5.65. The molecule has 3 aliphatic heterocycles. The number of anilines is 1. The Balaban J connectivity index is 0.843. The zero-order valence-electron chi connectivity index (χ0n) is 32.0. The molecule has 5 heterocycles. The number of rotatable bonds is 16.